The molecule has 1 heterocycles. The third-order valence-electron chi connectivity index (χ3n) is 3.70. The number of hydrogen-bond acceptors (Lipinski definition) is 1. The van der Waals surface area contributed by atoms with Gasteiger partial charge in [0.2, 0.25) is 0 Å². The fourth-order valence-corrected chi connectivity index (χ4v) is 3.69. The Labute approximate surface area is 144 Å². The molecule has 0 N–H and O–H groups in total. The van der Waals surface area contributed by atoms with Gasteiger partial charge in [0.1, 0.15) is 0 Å². The van der Waals surface area contributed by atoms with Gasteiger partial charge in [0.15, 0.2) is 11.0 Å². The van der Waals surface area contributed by atoms with Gasteiger partial charge >= 0.3 is 0 Å². The second-order valence-electron chi connectivity index (χ2n) is 5.44. The first-order valence-corrected chi connectivity index (χ1v) is 9.46. The molecular weight excluding hydrogens is 302 g/mol. The van der Waals surface area contributed by atoms with E-state index in [9.17, 15) is 4.21 Å². The standard InChI is InChI=1S/C18H23NOS.C2H6/c1-5-7-18-15(6-2)12-13-19(18)21(20)17-10-8-16(9-11-17)14(3)4;1-2/h5-11,14H,2,12-13H2,1,3-4H3;1-2H3/b7-5-;. The van der Waals surface area contributed by atoms with Crippen molar-refractivity contribution in [2.24, 2.45) is 0 Å². The quantitative estimate of drug-likeness (QED) is 0.689. The molecule has 1 aromatic carbocycles. The Balaban J connectivity index is 0.00000127. The number of benzene rings is 1. The van der Waals surface area contributed by atoms with Crippen molar-refractivity contribution in [3.63, 3.8) is 0 Å². The van der Waals surface area contributed by atoms with Crippen molar-refractivity contribution in [1.82, 2.24) is 4.31 Å². The molecule has 0 amide bonds. The van der Waals surface area contributed by atoms with Crippen molar-refractivity contribution >= 4 is 11.0 Å². The van der Waals surface area contributed by atoms with E-state index in [4.69, 9.17) is 0 Å². The zero-order valence-corrected chi connectivity index (χ0v) is 15.8. The molecule has 0 fully saturated rings. The Hall–Kier alpha value is -1.61. The molecule has 1 unspecified atom stereocenters. The average molecular weight is 332 g/mol. The predicted octanol–water partition coefficient (Wildman–Crippen LogP) is 5.58. The summed E-state index contributed by atoms with van der Waals surface area (Å²) in [6.07, 6.45) is 6.77. The Morgan fingerprint density at radius 1 is 1.22 bits per heavy atom. The highest BCUT2D eigenvalue weighted by Crippen LogP contribution is 2.29. The smallest absolute Gasteiger partial charge is 0.152 e. The van der Waals surface area contributed by atoms with Crippen molar-refractivity contribution in [1.29, 1.82) is 0 Å². The lowest BCUT2D eigenvalue weighted by atomic mass is 10.0. The first kappa shape index (κ1) is 19.4. The van der Waals surface area contributed by atoms with E-state index in [1.54, 1.807) is 0 Å². The van der Waals surface area contributed by atoms with Gasteiger partial charge in [-0.2, -0.15) is 0 Å². The molecule has 0 saturated heterocycles. The van der Waals surface area contributed by atoms with Crippen LogP contribution < -0.4 is 0 Å². The minimum absolute atomic E-state index is 0.491. The predicted molar refractivity (Wildman–Crippen MR) is 102 cm³/mol. The molecular formula is C20H29NOS. The summed E-state index contributed by atoms with van der Waals surface area (Å²) in [6, 6.07) is 8.10. The van der Waals surface area contributed by atoms with Crippen LogP contribution in [0.3, 0.4) is 0 Å². The van der Waals surface area contributed by atoms with Crippen LogP contribution in [0.4, 0.5) is 0 Å². The Morgan fingerprint density at radius 2 is 1.83 bits per heavy atom. The van der Waals surface area contributed by atoms with Gasteiger partial charge in [-0.3, -0.25) is 4.31 Å². The summed E-state index contributed by atoms with van der Waals surface area (Å²) in [5.74, 6) is 0.491. The topological polar surface area (TPSA) is 20.3 Å². The number of nitrogens with zero attached hydrogens (tertiary/aromatic N) is 1. The molecule has 0 spiro atoms. The molecule has 1 aromatic rings. The van der Waals surface area contributed by atoms with E-state index in [1.165, 1.54) is 11.1 Å². The van der Waals surface area contributed by atoms with Crippen LogP contribution in [0.15, 0.2) is 65.2 Å². The maximum absolute atomic E-state index is 12.8. The van der Waals surface area contributed by atoms with Crippen LogP contribution in [0.25, 0.3) is 0 Å². The van der Waals surface area contributed by atoms with E-state index in [1.807, 2.05) is 55.4 Å². The molecule has 1 atom stereocenters. The lowest BCUT2D eigenvalue weighted by Gasteiger charge is -2.19. The molecule has 23 heavy (non-hydrogen) atoms. The number of rotatable bonds is 5. The minimum Gasteiger partial charge on any atom is -0.287 e. The summed E-state index contributed by atoms with van der Waals surface area (Å²) < 4.78 is 14.8. The van der Waals surface area contributed by atoms with Crippen LogP contribution in [0, 0.1) is 0 Å². The molecule has 0 radical (unpaired) electrons. The zero-order valence-electron chi connectivity index (χ0n) is 15.0. The van der Waals surface area contributed by atoms with Gasteiger partial charge in [-0.1, -0.05) is 58.6 Å². The van der Waals surface area contributed by atoms with Crippen LogP contribution >= 0.6 is 0 Å². The van der Waals surface area contributed by atoms with Gasteiger partial charge < -0.3 is 0 Å². The first-order chi connectivity index (χ1) is 11.1. The molecule has 0 bridgehead atoms. The fraction of sp³-hybridized carbons (Fsp3) is 0.400. The fourth-order valence-electron chi connectivity index (χ4n) is 2.45. The third kappa shape index (κ3) is 4.68. The van der Waals surface area contributed by atoms with Gasteiger partial charge in [-0.25, -0.2) is 4.21 Å². The molecule has 3 heteroatoms. The van der Waals surface area contributed by atoms with Crippen LogP contribution in [-0.2, 0) is 11.0 Å². The molecule has 0 aromatic heterocycles. The number of allylic oxidation sites excluding steroid dienone is 3. The molecule has 2 nitrogen and oxygen atoms in total. The second-order valence-corrected chi connectivity index (χ2v) is 6.85. The number of hydrogen-bond donors (Lipinski definition) is 0. The molecule has 0 aliphatic carbocycles. The van der Waals surface area contributed by atoms with E-state index in [0.29, 0.717) is 5.92 Å². The van der Waals surface area contributed by atoms with Crippen molar-refractivity contribution in [2.75, 3.05) is 6.54 Å². The van der Waals surface area contributed by atoms with E-state index in [-0.39, 0.29) is 0 Å². The van der Waals surface area contributed by atoms with Crippen molar-refractivity contribution in [3.05, 3.63) is 65.9 Å². The summed E-state index contributed by atoms with van der Waals surface area (Å²) in [4.78, 5) is 0.853. The molecule has 2 rings (SSSR count). The van der Waals surface area contributed by atoms with Gasteiger partial charge in [-0.15, -0.1) is 0 Å². The first-order valence-electron chi connectivity index (χ1n) is 8.36. The lowest BCUT2D eigenvalue weighted by Crippen LogP contribution is -2.21. The third-order valence-corrected chi connectivity index (χ3v) is 5.16. The zero-order chi connectivity index (χ0) is 17.4. The highest BCUT2D eigenvalue weighted by molar-refractivity contribution is 7.82. The maximum Gasteiger partial charge on any atom is 0.152 e. The Bertz CT molecular complexity index is 597. The highest BCUT2D eigenvalue weighted by Gasteiger charge is 2.24. The Kier molecular flexibility index (Phi) is 8.04. The highest BCUT2D eigenvalue weighted by atomic mass is 32.2. The van der Waals surface area contributed by atoms with E-state index in [0.717, 1.165) is 23.6 Å². The van der Waals surface area contributed by atoms with Crippen LogP contribution in [0.5, 0.6) is 0 Å². The van der Waals surface area contributed by atoms with Crippen LogP contribution in [0.1, 0.15) is 52.5 Å². The van der Waals surface area contributed by atoms with E-state index in [2.05, 4.69) is 32.6 Å². The summed E-state index contributed by atoms with van der Waals surface area (Å²) in [5, 5.41) is 0. The average Bonchev–Trinajstić information content (AvgIpc) is 2.99. The van der Waals surface area contributed by atoms with Crippen LogP contribution in [0.2, 0.25) is 0 Å². The minimum atomic E-state index is -1.16. The van der Waals surface area contributed by atoms with Crippen molar-refractivity contribution in [2.45, 2.75) is 51.9 Å². The van der Waals surface area contributed by atoms with E-state index >= 15 is 0 Å². The van der Waals surface area contributed by atoms with Crippen molar-refractivity contribution < 1.29 is 4.21 Å². The second kappa shape index (κ2) is 9.51. The monoisotopic (exact) mass is 331 g/mol. The van der Waals surface area contributed by atoms with Crippen molar-refractivity contribution in [3.8, 4) is 0 Å². The van der Waals surface area contributed by atoms with Crippen LogP contribution in [-0.4, -0.2) is 15.1 Å². The molecule has 0 saturated carbocycles. The SMILES string of the molecule is C=CC1=C(/C=C\C)N(S(=O)c2ccc(C(C)C)cc2)CC1.CC. The molecule has 126 valence electrons. The van der Waals surface area contributed by atoms with Gasteiger partial charge in [-0.05, 0) is 48.6 Å². The van der Waals surface area contributed by atoms with Gasteiger partial charge in [0.05, 0.1) is 10.6 Å². The molecule has 1 aliphatic rings. The lowest BCUT2D eigenvalue weighted by molar-refractivity contribution is 0.576. The summed E-state index contributed by atoms with van der Waals surface area (Å²) in [7, 11) is -1.16. The normalized spacial score (nSPS) is 15.8. The van der Waals surface area contributed by atoms with Gasteiger partial charge in [0, 0.05) is 6.54 Å². The van der Waals surface area contributed by atoms with Gasteiger partial charge in [0.25, 0.3) is 0 Å². The summed E-state index contributed by atoms with van der Waals surface area (Å²) in [6.45, 7) is 14.9. The maximum atomic E-state index is 12.8. The molecule has 1 aliphatic heterocycles. The largest absolute Gasteiger partial charge is 0.287 e. The van der Waals surface area contributed by atoms with E-state index < -0.39 is 11.0 Å². The summed E-state index contributed by atoms with van der Waals surface area (Å²) >= 11 is 0. The summed E-state index contributed by atoms with van der Waals surface area (Å²) in [5.41, 5.74) is 3.46. The Morgan fingerprint density at radius 3 is 2.30 bits per heavy atom.